The molecular formula is C22H31N3O. The van der Waals surface area contributed by atoms with Crippen molar-refractivity contribution in [3.05, 3.63) is 59.9 Å². The van der Waals surface area contributed by atoms with E-state index in [1.165, 1.54) is 30.5 Å². The summed E-state index contributed by atoms with van der Waals surface area (Å²) >= 11 is 0. The van der Waals surface area contributed by atoms with Gasteiger partial charge < -0.3 is 4.74 Å². The lowest BCUT2D eigenvalue weighted by Gasteiger charge is -2.30. The highest BCUT2D eigenvalue weighted by atomic mass is 16.5. The summed E-state index contributed by atoms with van der Waals surface area (Å²) in [6.45, 7) is 10.3. The Morgan fingerprint density at radius 2 is 2.04 bits per heavy atom. The molecule has 4 nitrogen and oxygen atoms in total. The fraction of sp³-hybridized carbons (Fsp3) is 0.500. The molecule has 0 saturated carbocycles. The summed E-state index contributed by atoms with van der Waals surface area (Å²) in [5.41, 5.74) is 2.53. The van der Waals surface area contributed by atoms with E-state index in [2.05, 4.69) is 52.0 Å². The number of hydrogen-bond donors (Lipinski definition) is 0. The van der Waals surface area contributed by atoms with Crippen molar-refractivity contribution in [2.75, 3.05) is 26.2 Å². The maximum atomic E-state index is 5.85. The molecule has 140 valence electrons. The molecule has 1 atom stereocenters. The fourth-order valence-corrected chi connectivity index (χ4v) is 3.92. The molecule has 1 unspecified atom stereocenters. The Hall–Kier alpha value is -1.91. The van der Waals surface area contributed by atoms with Crippen LogP contribution in [0.1, 0.15) is 37.8 Å². The normalized spacial score (nSPS) is 17.7. The van der Waals surface area contributed by atoms with Crippen LogP contribution in [0.4, 0.5) is 0 Å². The zero-order valence-corrected chi connectivity index (χ0v) is 16.1. The molecular weight excluding hydrogens is 322 g/mol. The summed E-state index contributed by atoms with van der Waals surface area (Å²) in [5.74, 6) is 1.00. The van der Waals surface area contributed by atoms with Gasteiger partial charge in [0.25, 0.3) is 0 Å². The first-order chi connectivity index (χ1) is 12.8. The van der Waals surface area contributed by atoms with E-state index in [0.29, 0.717) is 12.6 Å². The van der Waals surface area contributed by atoms with E-state index in [0.717, 1.165) is 31.9 Å². The minimum absolute atomic E-state index is 0.649. The first kappa shape index (κ1) is 18.9. The van der Waals surface area contributed by atoms with Crippen LogP contribution < -0.4 is 4.74 Å². The van der Waals surface area contributed by atoms with Gasteiger partial charge in [0.05, 0.1) is 6.61 Å². The van der Waals surface area contributed by atoms with Crippen LogP contribution in [0, 0.1) is 0 Å². The third-order valence-corrected chi connectivity index (χ3v) is 5.17. The molecule has 26 heavy (non-hydrogen) atoms. The summed E-state index contributed by atoms with van der Waals surface area (Å²) in [7, 11) is 0. The van der Waals surface area contributed by atoms with Crippen LogP contribution in [0.3, 0.4) is 0 Å². The summed E-state index contributed by atoms with van der Waals surface area (Å²) in [6, 6.07) is 13.3. The van der Waals surface area contributed by atoms with Crippen LogP contribution in [-0.2, 0) is 13.1 Å². The number of ether oxygens (including phenoxy) is 1. The summed E-state index contributed by atoms with van der Waals surface area (Å²) in [6.07, 6.45) is 6.43. The van der Waals surface area contributed by atoms with Gasteiger partial charge in [0, 0.05) is 43.6 Å². The summed E-state index contributed by atoms with van der Waals surface area (Å²) < 4.78 is 5.85. The molecule has 1 aliphatic heterocycles. The first-order valence-electron chi connectivity index (χ1n) is 9.86. The predicted octanol–water partition coefficient (Wildman–Crippen LogP) is 3.97. The lowest BCUT2D eigenvalue weighted by molar-refractivity contribution is 0.164. The van der Waals surface area contributed by atoms with Crippen molar-refractivity contribution in [1.29, 1.82) is 0 Å². The van der Waals surface area contributed by atoms with Crippen LogP contribution in [0.5, 0.6) is 5.75 Å². The van der Waals surface area contributed by atoms with Gasteiger partial charge in [-0.05, 0) is 50.6 Å². The second kappa shape index (κ2) is 9.70. The lowest BCUT2D eigenvalue weighted by Crippen LogP contribution is -2.39. The zero-order chi connectivity index (χ0) is 18.2. The molecule has 1 saturated heterocycles. The van der Waals surface area contributed by atoms with Crippen molar-refractivity contribution in [1.82, 2.24) is 14.8 Å². The van der Waals surface area contributed by atoms with Crippen LogP contribution in [0.15, 0.2) is 48.8 Å². The quantitative estimate of drug-likeness (QED) is 0.682. The van der Waals surface area contributed by atoms with Crippen LogP contribution >= 0.6 is 0 Å². The Morgan fingerprint density at radius 3 is 2.81 bits per heavy atom. The van der Waals surface area contributed by atoms with E-state index in [-0.39, 0.29) is 0 Å². The van der Waals surface area contributed by atoms with Gasteiger partial charge in [0.15, 0.2) is 0 Å². The molecule has 1 aromatic heterocycles. The average molecular weight is 354 g/mol. The van der Waals surface area contributed by atoms with Gasteiger partial charge in [0.1, 0.15) is 5.75 Å². The van der Waals surface area contributed by atoms with E-state index in [1.807, 2.05) is 25.4 Å². The van der Waals surface area contributed by atoms with E-state index >= 15 is 0 Å². The smallest absolute Gasteiger partial charge is 0.123 e. The van der Waals surface area contributed by atoms with E-state index in [9.17, 15) is 0 Å². The number of para-hydroxylation sites is 1. The van der Waals surface area contributed by atoms with E-state index in [1.54, 1.807) is 0 Å². The highest BCUT2D eigenvalue weighted by Crippen LogP contribution is 2.23. The Labute approximate surface area is 157 Å². The topological polar surface area (TPSA) is 28.6 Å². The minimum Gasteiger partial charge on any atom is -0.494 e. The second-order valence-electron chi connectivity index (χ2n) is 7.00. The standard InChI is InChI=1S/C22H31N3O/c1-3-25-14-8-11-21(25)18-24(16-19-9-7-13-23-15-19)17-20-10-5-6-12-22(20)26-4-2/h5-7,9-10,12-13,15,21H,3-4,8,11,14,16-18H2,1-2H3. The number of rotatable bonds is 9. The number of aromatic nitrogens is 1. The molecule has 3 rings (SSSR count). The Balaban J connectivity index is 1.76. The van der Waals surface area contributed by atoms with Gasteiger partial charge >= 0.3 is 0 Å². The molecule has 2 aromatic rings. The fourth-order valence-electron chi connectivity index (χ4n) is 3.92. The maximum Gasteiger partial charge on any atom is 0.123 e. The van der Waals surface area contributed by atoms with Gasteiger partial charge in [-0.3, -0.25) is 14.8 Å². The molecule has 0 aliphatic carbocycles. The van der Waals surface area contributed by atoms with Crippen molar-refractivity contribution in [2.45, 2.75) is 45.8 Å². The molecule has 0 spiro atoms. The van der Waals surface area contributed by atoms with Crippen molar-refractivity contribution >= 4 is 0 Å². The number of likely N-dealkylation sites (tertiary alicyclic amines) is 1. The van der Waals surface area contributed by atoms with Gasteiger partial charge in [-0.2, -0.15) is 0 Å². The highest BCUT2D eigenvalue weighted by Gasteiger charge is 2.25. The van der Waals surface area contributed by atoms with Crippen molar-refractivity contribution in [2.24, 2.45) is 0 Å². The maximum absolute atomic E-state index is 5.85. The van der Waals surface area contributed by atoms with Gasteiger partial charge in [-0.15, -0.1) is 0 Å². The van der Waals surface area contributed by atoms with Crippen molar-refractivity contribution in [3.63, 3.8) is 0 Å². The number of nitrogens with zero attached hydrogens (tertiary/aromatic N) is 3. The van der Waals surface area contributed by atoms with Gasteiger partial charge in [-0.25, -0.2) is 0 Å². The predicted molar refractivity (Wildman–Crippen MR) is 106 cm³/mol. The summed E-state index contributed by atoms with van der Waals surface area (Å²) in [4.78, 5) is 9.46. The molecule has 1 aromatic carbocycles. The lowest BCUT2D eigenvalue weighted by atomic mass is 10.1. The number of likely N-dealkylation sites (N-methyl/N-ethyl adjacent to an activating group) is 1. The van der Waals surface area contributed by atoms with Gasteiger partial charge in [-0.1, -0.05) is 31.2 Å². The number of benzene rings is 1. The molecule has 0 radical (unpaired) electrons. The second-order valence-corrected chi connectivity index (χ2v) is 7.00. The largest absolute Gasteiger partial charge is 0.494 e. The number of pyridine rings is 1. The Kier molecular flexibility index (Phi) is 7.04. The SMILES string of the molecule is CCOc1ccccc1CN(Cc1cccnc1)CC1CCCN1CC. The van der Waals surface area contributed by atoms with Crippen molar-refractivity contribution in [3.8, 4) is 5.75 Å². The van der Waals surface area contributed by atoms with Gasteiger partial charge in [0.2, 0.25) is 0 Å². The molecule has 1 fully saturated rings. The molecule has 4 heteroatoms. The third kappa shape index (κ3) is 5.05. The Morgan fingerprint density at radius 1 is 1.15 bits per heavy atom. The molecule has 0 bridgehead atoms. The zero-order valence-electron chi connectivity index (χ0n) is 16.1. The summed E-state index contributed by atoms with van der Waals surface area (Å²) in [5, 5.41) is 0. The van der Waals surface area contributed by atoms with Crippen LogP contribution in [0.2, 0.25) is 0 Å². The van der Waals surface area contributed by atoms with Crippen LogP contribution in [-0.4, -0.2) is 47.1 Å². The minimum atomic E-state index is 0.649. The number of hydrogen-bond acceptors (Lipinski definition) is 4. The first-order valence-corrected chi connectivity index (χ1v) is 9.86. The molecule has 2 heterocycles. The Bertz CT molecular complexity index is 661. The molecule has 1 aliphatic rings. The molecule has 0 amide bonds. The third-order valence-electron chi connectivity index (χ3n) is 5.17. The molecule has 0 N–H and O–H groups in total. The monoisotopic (exact) mass is 353 g/mol. The van der Waals surface area contributed by atoms with E-state index in [4.69, 9.17) is 4.74 Å². The average Bonchev–Trinajstić information content (AvgIpc) is 3.11. The van der Waals surface area contributed by atoms with Crippen LogP contribution in [0.25, 0.3) is 0 Å². The highest BCUT2D eigenvalue weighted by molar-refractivity contribution is 5.33. The van der Waals surface area contributed by atoms with E-state index < -0.39 is 0 Å². The van der Waals surface area contributed by atoms with Crippen molar-refractivity contribution < 1.29 is 4.74 Å².